The zero-order valence-corrected chi connectivity index (χ0v) is 14.7. The maximum Gasteiger partial charge on any atom is 0.0724 e. The van der Waals surface area contributed by atoms with E-state index in [1.807, 2.05) is 11.3 Å². The first-order valence-electron chi connectivity index (χ1n) is 8.79. The molecular formula is C22H23NS. The van der Waals surface area contributed by atoms with Crippen molar-refractivity contribution in [1.29, 1.82) is 0 Å². The zero-order chi connectivity index (χ0) is 16.2. The first-order valence-corrected chi connectivity index (χ1v) is 9.67. The summed E-state index contributed by atoms with van der Waals surface area (Å²) in [6.45, 7) is 1.13. The number of hydrogen-bond acceptors (Lipinski definition) is 2. The van der Waals surface area contributed by atoms with Crippen molar-refractivity contribution < 1.29 is 0 Å². The highest BCUT2D eigenvalue weighted by Crippen LogP contribution is 2.35. The van der Waals surface area contributed by atoms with Crippen LogP contribution in [0.1, 0.15) is 35.7 Å². The van der Waals surface area contributed by atoms with Gasteiger partial charge in [0.05, 0.1) is 6.04 Å². The largest absolute Gasteiger partial charge is 0.367 e. The van der Waals surface area contributed by atoms with Gasteiger partial charge in [-0.1, -0.05) is 54.6 Å². The lowest BCUT2D eigenvalue weighted by atomic mass is 9.87. The minimum Gasteiger partial charge on any atom is -0.367 e. The van der Waals surface area contributed by atoms with Crippen molar-refractivity contribution in [2.24, 2.45) is 5.92 Å². The Morgan fingerprint density at radius 3 is 2.79 bits per heavy atom. The number of rotatable bonds is 4. The van der Waals surface area contributed by atoms with Crippen LogP contribution in [-0.4, -0.2) is 11.4 Å². The van der Waals surface area contributed by atoms with E-state index in [1.54, 1.807) is 5.57 Å². The third-order valence-corrected chi connectivity index (χ3v) is 5.91. The Labute approximate surface area is 148 Å². The van der Waals surface area contributed by atoms with E-state index in [9.17, 15) is 0 Å². The third kappa shape index (κ3) is 3.39. The molecule has 0 fully saturated rings. The fourth-order valence-electron chi connectivity index (χ4n) is 3.77. The minimum atomic E-state index is 0.368. The summed E-state index contributed by atoms with van der Waals surface area (Å²) in [5, 5.41) is 2.18. The summed E-state index contributed by atoms with van der Waals surface area (Å²) in [4.78, 5) is 3.96. The van der Waals surface area contributed by atoms with E-state index in [2.05, 4.69) is 83.2 Å². The standard InChI is InChI=1S/C22H23NS/c1-2-9-19(10-3-1)21-12-4-5-14-23(21)17-18-8-6-11-20(16-18)22-13-7-15-24-22/h1-5,7,9-15,18,21H,6,8,16-17H2. The second kappa shape index (κ2) is 7.23. The fourth-order valence-corrected chi connectivity index (χ4v) is 4.55. The molecular weight excluding hydrogens is 310 g/mol. The van der Waals surface area contributed by atoms with Crippen molar-refractivity contribution in [2.75, 3.05) is 6.54 Å². The molecule has 2 atom stereocenters. The summed E-state index contributed by atoms with van der Waals surface area (Å²) >= 11 is 1.87. The van der Waals surface area contributed by atoms with Gasteiger partial charge in [-0.25, -0.2) is 0 Å². The molecule has 0 saturated carbocycles. The van der Waals surface area contributed by atoms with E-state index in [0.29, 0.717) is 6.04 Å². The Morgan fingerprint density at radius 1 is 1.04 bits per heavy atom. The van der Waals surface area contributed by atoms with E-state index in [4.69, 9.17) is 0 Å². The molecule has 0 saturated heterocycles. The van der Waals surface area contributed by atoms with E-state index < -0.39 is 0 Å². The van der Waals surface area contributed by atoms with Crippen LogP contribution in [0.5, 0.6) is 0 Å². The van der Waals surface area contributed by atoms with Gasteiger partial charge in [0, 0.05) is 11.4 Å². The van der Waals surface area contributed by atoms with Crippen LogP contribution in [0.15, 0.2) is 78.3 Å². The van der Waals surface area contributed by atoms with Gasteiger partial charge >= 0.3 is 0 Å². The summed E-state index contributed by atoms with van der Waals surface area (Å²) in [6, 6.07) is 15.6. The normalized spacial score (nSPS) is 23.3. The molecule has 122 valence electrons. The second-order valence-electron chi connectivity index (χ2n) is 6.63. The molecule has 0 N–H and O–H groups in total. The zero-order valence-electron chi connectivity index (χ0n) is 13.8. The molecule has 1 nitrogen and oxygen atoms in total. The van der Waals surface area contributed by atoms with Gasteiger partial charge in [-0.05, 0) is 60.0 Å². The highest BCUT2D eigenvalue weighted by molar-refractivity contribution is 7.11. The van der Waals surface area contributed by atoms with E-state index in [-0.39, 0.29) is 0 Å². The Hall–Kier alpha value is -2.06. The average molecular weight is 334 g/mol. The van der Waals surface area contributed by atoms with Crippen molar-refractivity contribution in [3.05, 3.63) is 88.8 Å². The molecule has 0 radical (unpaired) electrons. The quantitative estimate of drug-likeness (QED) is 0.657. The molecule has 0 amide bonds. The average Bonchev–Trinajstić information content (AvgIpc) is 3.18. The number of hydrogen-bond donors (Lipinski definition) is 0. The van der Waals surface area contributed by atoms with Crippen LogP contribution in [0.25, 0.3) is 5.57 Å². The summed E-state index contributed by atoms with van der Waals surface area (Å²) in [5.41, 5.74) is 2.93. The van der Waals surface area contributed by atoms with Crippen LogP contribution >= 0.6 is 11.3 Å². The molecule has 1 aromatic heterocycles. The summed E-state index contributed by atoms with van der Waals surface area (Å²) in [7, 11) is 0. The predicted molar refractivity (Wildman–Crippen MR) is 104 cm³/mol. The lowest BCUT2D eigenvalue weighted by Crippen LogP contribution is -2.30. The summed E-state index contributed by atoms with van der Waals surface area (Å²) in [6.07, 6.45) is 15.1. The van der Waals surface area contributed by atoms with Crippen LogP contribution in [0.3, 0.4) is 0 Å². The van der Waals surface area contributed by atoms with Crippen LogP contribution in [0, 0.1) is 5.92 Å². The van der Waals surface area contributed by atoms with Crippen LogP contribution in [0.2, 0.25) is 0 Å². The lowest BCUT2D eigenvalue weighted by Gasteiger charge is -2.35. The van der Waals surface area contributed by atoms with Crippen LogP contribution in [-0.2, 0) is 0 Å². The van der Waals surface area contributed by atoms with Crippen LogP contribution < -0.4 is 0 Å². The molecule has 2 aromatic rings. The van der Waals surface area contributed by atoms with E-state index in [0.717, 1.165) is 12.5 Å². The molecule has 2 aliphatic rings. The Morgan fingerprint density at radius 2 is 1.96 bits per heavy atom. The molecule has 1 aromatic carbocycles. The highest BCUT2D eigenvalue weighted by Gasteiger charge is 2.23. The molecule has 0 bridgehead atoms. The van der Waals surface area contributed by atoms with Crippen molar-refractivity contribution in [1.82, 2.24) is 4.90 Å². The third-order valence-electron chi connectivity index (χ3n) is 4.96. The van der Waals surface area contributed by atoms with Gasteiger partial charge in [0.2, 0.25) is 0 Å². The molecule has 1 aliphatic carbocycles. The summed E-state index contributed by atoms with van der Waals surface area (Å²) in [5.74, 6) is 0.731. The van der Waals surface area contributed by atoms with Crippen LogP contribution in [0.4, 0.5) is 0 Å². The Kier molecular flexibility index (Phi) is 4.66. The van der Waals surface area contributed by atoms with E-state index in [1.165, 1.54) is 29.7 Å². The summed E-state index contributed by atoms with van der Waals surface area (Å²) < 4.78 is 0. The first kappa shape index (κ1) is 15.5. The lowest BCUT2D eigenvalue weighted by molar-refractivity contribution is 0.259. The minimum absolute atomic E-state index is 0.368. The highest BCUT2D eigenvalue weighted by atomic mass is 32.1. The predicted octanol–water partition coefficient (Wildman–Crippen LogP) is 6.06. The number of nitrogens with zero attached hydrogens (tertiary/aromatic N) is 1. The molecule has 2 unspecified atom stereocenters. The van der Waals surface area contributed by atoms with E-state index >= 15 is 0 Å². The maximum atomic E-state index is 2.51. The number of thiophene rings is 1. The second-order valence-corrected chi connectivity index (χ2v) is 7.58. The van der Waals surface area contributed by atoms with Gasteiger partial charge < -0.3 is 4.90 Å². The van der Waals surface area contributed by atoms with Gasteiger partial charge in [-0.2, -0.15) is 0 Å². The topological polar surface area (TPSA) is 3.24 Å². The molecule has 24 heavy (non-hydrogen) atoms. The molecule has 4 rings (SSSR count). The number of allylic oxidation sites excluding steroid dienone is 4. The van der Waals surface area contributed by atoms with Gasteiger partial charge in [-0.3, -0.25) is 0 Å². The van der Waals surface area contributed by atoms with Gasteiger partial charge in [0.25, 0.3) is 0 Å². The smallest absolute Gasteiger partial charge is 0.0724 e. The number of benzene rings is 1. The van der Waals surface area contributed by atoms with Crippen molar-refractivity contribution in [3.8, 4) is 0 Å². The van der Waals surface area contributed by atoms with Gasteiger partial charge in [0.1, 0.15) is 0 Å². The van der Waals surface area contributed by atoms with Crippen molar-refractivity contribution >= 4 is 16.9 Å². The molecule has 1 aliphatic heterocycles. The molecule has 2 heterocycles. The molecule has 0 spiro atoms. The Bertz CT molecular complexity index is 740. The van der Waals surface area contributed by atoms with Crippen molar-refractivity contribution in [2.45, 2.75) is 25.3 Å². The first-order chi connectivity index (χ1) is 11.9. The SMILES string of the molecule is C1=CC(c2ccccc2)N(CC2CCC=C(c3cccs3)C2)C=C1. The molecule has 2 heteroatoms. The fraction of sp³-hybridized carbons (Fsp3) is 0.273. The Balaban J connectivity index is 1.47. The van der Waals surface area contributed by atoms with Gasteiger partial charge in [-0.15, -0.1) is 11.3 Å². The monoisotopic (exact) mass is 333 g/mol. The van der Waals surface area contributed by atoms with Gasteiger partial charge in [0.15, 0.2) is 0 Å². The van der Waals surface area contributed by atoms with Crippen molar-refractivity contribution in [3.63, 3.8) is 0 Å². The maximum absolute atomic E-state index is 2.51.